The Bertz CT molecular complexity index is 685. The molecule has 0 atom stereocenters. The second kappa shape index (κ2) is 8.30. The van der Waals surface area contributed by atoms with Crippen molar-refractivity contribution < 1.29 is 19.1 Å². The molecule has 1 heterocycles. The molecule has 24 heavy (non-hydrogen) atoms. The normalized spacial score (nSPS) is 16.2. The Morgan fingerprint density at radius 2 is 2.17 bits per heavy atom. The molecule has 0 N–H and O–H groups in total. The van der Waals surface area contributed by atoms with Crippen LogP contribution in [0.2, 0.25) is 0 Å². The summed E-state index contributed by atoms with van der Waals surface area (Å²) in [5, 5.41) is 0. The number of hydrogen-bond donors (Lipinski definition) is 0. The molecule has 1 aliphatic rings. The van der Waals surface area contributed by atoms with E-state index in [1.807, 2.05) is 38.1 Å². The predicted molar refractivity (Wildman–Crippen MR) is 98.7 cm³/mol. The third-order valence-electron chi connectivity index (χ3n) is 3.13. The van der Waals surface area contributed by atoms with Crippen LogP contribution in [0.5, 0.6) is 5.75 Å². The van der Waals surface area contributed by atoms with E-state index in [9.17, 15) is 9.59 Å². The van der Waals surface area contributed by atoms with Crippen LogP contribution in [-0.4, -0.2) is 41.4 Å². The zero-order valence-electron chi connectivity index (χ0n) is 13.8. The molecular formula is C17H19NO4S2. The highest BCUT2D eigenvalue weighted by molar-refractivity contribution is 8.26. The number of methoxy groups -OCH3 is 1. The number of carbonyl (C=O) groups is 2. The largest absolute Gasteiger partial charge is 0.497 e. The van der Waals surface area contributed by atoms with Gasteiger partial charge in [0.15, 0.2) is 0 Å². The number of benzene rings is 1. The van der Waals surface area contributed by atoms with E-state index in [2.05, 4.69) is 0 Å². The first kappa shape index (κ1) is 18.5. The van der Waals surface area contributed by atoms with Gasteiger partial charge in [0.2, 0.25) is 0 Å². The zero-order chi connectivity index (χ0) is 17.7. The van der Waals surface area contributed by atoms with Crippen LogP contribution in [0.3, 0.4) is 0 Å². The highest BCUT2D eigenvalue weighted by Crippen LogP contribution is 2.32. The van der Waals surface area contributed by atoms with Crippen LogP contribution < -0.4 is 4.74 Å². The third-order valence-corrected chi connectivity index (χ3v) is 4.51. The van der Waals surface area contributed by atoms with Gasteiger partial charge in [0, 0.05) is 0 Å². The van der Waals surface area contributed by atoms with Gasteiger partial charge in [0.05, 0.1) is 18.6 Å². The molecule has 128 valence electrons. The van der Waals surface area contributed by atoms with Gasteiger partial charge in [0.25, 0.3) is 5.91 Å². The van der Waals surface area contributed by atoms with E-state index < -0.39 is 5.97 Å². The molecule has 1 amide bonds. The quantitative estimate of drug-likeness (QED) is 0.439. The minimum atomic E-state index is -0.456. The fourth-order valence-electron chi connectivity index (χ4n) is 1.95. The van der Waals surface area contributed by atoms with Crippen molar-refractivity contribution in [3.8, 4) is 5.75 Å². The van der Waals surface area contributed by atoms with Gasteiger partial charge < -0.3 is 9.47 Å². The molecule has 5 nitrogen and oxygen atoms in total. The van der Waals surface area contributed by atoms with Crippen LogP contribution >= 0.6 is 24.0 Å². The summed E-state index contributed by atoms with van der Waals surface area (Å²) >= 11 is 6.39. The smallest absolute Gasteiger partial charge is 0.326 e. The van der Waals surface area contributed by atoms with Crippen molar-refractivity contribution in [2.45, 2.75) is 13.8 Å². The van der Waals surface area contributed by atoms with Crippen LogP contribution in [0.1, 0.15) is 19.4 Å². The Balaban J connectivity index is 2.07. The molecule has 1 fully saturated rings. The molecule has 7 heteroatoms. The van der Waals surface area contributed by atoms with E-state index >= 15 is 0 Å². The summed E-state index contributed by atoms with van der Waals surface area (Å²) in [5.41, 5.74) is 0.831. The molecule has 1 aliphatic heterocycles. The number of thioether (sulfide) groups is 1. The van der Waals surface area contributed by atoms with Crippen LogP contribution in [0.4, 0.5) is 0 Å². The van der Waals surface area contributed by atoms with Crippen molar-refractivity contribution in [1.29, 1.82) is 0 Å². The standard InChI is InChI=1S/C17H19NO4S2/c1-11(2)10-22-15(19)9-18-16(20)14(24-17(18)23)8-12-5-4-6-13(7-12)21-3/h4-8,11H,9-10H2,1-3H3/b14-8-. The third kappa shape index (κ3) is 4.82. The number of thiocarbonyl (C=S) groups is 1. The molecule has 0 saturated carbocycles. The van der Waals surface area contributed by atoms with Crippen molar-refractivity contribution in [3.63, 3.8) is 0 Å². The molecule has 0 unspecified atom stereocenters. The van der Waals surface area contributed by atoms with E-state index in [0.29, 0.717) is 21.6 Å². The van der Waals surface area contributed by atoms with E-state index in [-0.39, 0.29) is 18.4 Å². The predicted octanol–water partition coefficient (Wildman–Crippen LogP) is 3.10. The second-order valence-corrected chi connectivity index (χ2v) is 7.30. The van der Waals surface area contributed by atoms with Crippen molar-refractivity contribution in [3.05, 3.63) is 34.7 Å². The fourth-order valence-corrected chi connectivity index (χ4v) is 3.21. The Hall–Kier alpha value is -1.86. The number of nitrogens with zero attached hydrogens (tertiary/aromatic N) is 1. The highest BCUT2D eigenvalue weighted by Gasteiger charge is 2.33. The Kier molecular flexibility index (Phi) is 6.39. The van der Waals surface area contributed by atoms with Gasteiger partial charge in [-0.3, -0.25) is 14.5 Å². The number of carbonyl (C=O) groups excluding carboxylic acids is 2. The number of amides is 1. The van der Waals surface area contributed by atoms with Crippen LogP contribution in [0, 0.1) is 5.92 Å². The molecular weight excluding hydrogens is 346 g/mol. The Morgan fingerprint density at radius 1 is 1.42 bits per heavy atom. The van der Waals surface area contributed by atoms with Crippen LogP contribution in [0.15, 0.2) is 29.2 Å². The van der Waals surface area contributed by atoms with Gasteiger partial charge in [-0.15, -0.1) is 0 Å². The molecule has 0 bridgehead atoms. The lowest BCUT2D eigenvalue weighted by molar-refractivity contribution is -0.147. The number of hydrogen-bond acceptors (Lipinski definition) is 6. The van der Waals surface area contributed by atoms with Gasteiger partial charge in [-0.1, -0.05) is 50.0 Å². The lowest BCUT2D eigenvalue weighted by atomic mass is 10.2. The summed E-state index contributed by atoms with van der Waals surface area (Å²) < 4.78 is 10.6. The lowest BCUT2D eigenvalue weighted by Gasteiger charge is -2.14. The molecule has 1 aromatic rings. The van der Waals surface area contributed by atoms with Crippen LogP contribution in [0.25, 0.3) is 6.08 Å². The Labute approximate surface area is 151 Å². The summed E-state index contributed by atoms with van der Waals surface area (Å²) in [6.45, 7) is 4.06. The highest BCUT2D eigenvalue weighted by atomic mass is 32.2. The van der Waals surface area contributed by atoms with Gasteiger partial charge in [0.1, 0.15) is 16.6 Å². The summed E-state index contributed by atoms with van der Waals surface area (Å²) in [7, 11) is 1.58. The minimum Gasteiger partial charge on any atom is -0.497 e. The maximum atomic E-state index is 12.5. The average Bonchev–Trinajstić information content (AvgIpc) is 2.80. The molecule has 1 saturated heterocycles. The molecule has 0 spiro atoms. The molecule has 1 aromatic carbocycles. The maximum Gasteiger partial charge on any atom is 0.326 e. The lowest BCUT2D eigenvalue weighted by Crippen LogP contribution is -2.34. The van der Waals surface area contributed by atoms with E-state index in [0.717, 1.165) is 5.56 Å². The molecule has 0 aliphatic carbocycles. The molecule has 2 rings (SSSR count). The van der Waals surface area contributed by atoms with E-state index in [1.54, 1.807) is 13.2 Å². The van der Waals surface area contributed by atoms with Crippen LogP contribution in [-0.2, 0) is 14.3 Å². The minimum absolute atomic E-state index is 0.160. The summed E-state index contributed by atoms with van der Waals surface area (Å²) in [6, 6.07) is 7.36. The summed E-state index contributed by atoms with van der Waals surface area (Å²) in [5.74, 6) is 0.210. The molecule has 0 radical (unpaired) electrons. The number of rotatable bonds is 6. The van der Waals surface area contributed by atoms with Crippen molar-refractivity contribution in [2.24, 2.45) is 5.92 Å². The SMILES string of the molecule is COc1cccc(/C=C2\SC(=S)N(CC(=O)OCC(C)C)C2=O)c1. The maximum absolute atomic E-state index is 12.5. The van der Waals surface area contributed by atoms with Gasteiger partial charge in [-0.2, -0.15) is 0 Å². The van der Waals surface area contributed by atoms with Crippen molar-refractivity contribution >= 4 is 46.3 Å². The topological polar surface area (TPSA) is 55.8 Å². The second-order valence-electron chi connectivity index (χ2n) is 5.62. The van der Waals surface area contributed by atoms with E-state index in [4.69, 9.17) is 21.7 Å². The van der Waals surface area contributed by atoms with Gasteiger partial charge in [-0.25, -0.2) is 0 Å². The summed E-state index contributed by atoms with van der Waals surface area (Å²) in [6.07, 6.45) is 1.74. The first-order chi connectivity index (χ1) is 11.4. The van der Waals surface area contributed by atoms with Crippen molar-refractivity contribution in [1.82, 2.24) is 4.90 Å². The van der Waals surface area contributed by atoms with Gasteiger partial charge >= 0.3 is 5.97 Å². The van der Waals surface area contributed by atoms with Gasteiger partial charge in [-0.05, 0) is 29.7 Å². The summed E-state index contributed by atoms with van der Waals surface area (Å²) in [4.78, 5) is 26.0. The average molecular weight is 365 g/mol. The first-order valence-electron chi connectivity index (χ1n) is 7.45. The number of ether oxygens (including phenoxy) is 2. The first-order valence-corrected chi connectivity index (χ1v) is 8.68. The van der Waals surface area contributed by atoms with Crippen molar-refractivity contribution in [2.75, 3.05) is 20.3 Å². The molecule has 0 aromatic heterocycles. The monoisotopic (exact) mass is 365 g/mol. The Morgan fingerprint density at radius 3 is 2.83 bits per heavy atom. The fraction of sp³-hybridized carbons (Fsp3) is 0.353. The van der Waals surface area contributed by atoms with E-state index in [1.165, 1.54) is 16.7 Å². The number of esters is 1. The zero-order valence-corrected chi connectivity index (χ0v) is 15.4.